The summed E-state index contributed by atoms with van der Waals surface area (Å²) in [7, 11) is -3.59. The normalized spacial score (nSPS) is 17.1. The number of hydrogen-bond donors (Lipinski definition) is 1. The molecule has 0 saturated carbocycles. The topological polar surface area (TPSA) is 82.6 Å². The molecule has 1 aliphatic heterocycles. The predicted molar refractivity (Wildman–Crippen MR) is 128 cm³/mol. The van der Waals surface area contributed by atoms with Crippen LogP contribution in [0.25, 0.3) is 0 Å². The Kier molecular flexibility index (Phi) is 7.97. The highest BCUT2D eigenvalue weighted by atomic mass is 32.2. The molecule has 1 saturated heterocycles. The molecule has 0 bridgehead atoms. The Labute approximate surface area is 195 Å². The Balaban J connectivity index is 1.56. The van der Waals surface area contributed by atoms with E-state index in [0.29, 0.717) is 31.2 Å². The minimum absolute atomic E-state index is 0.0747. The number of nitrogens with one attached hydrogen (secondary N) is 1. The second kappa shape index (κ2) is 10.3. The number of rotatable bonds is 7. The first-order valence-corrected chi connectivity index (χ1v) is 13.1. The average molecular weight is 477 g/mol. The van der Waals surface area contributed by atoms with Gasteiger partial charge in [0.2, 0.25) is 15.9 Å². The number of thioether (sulfide) groups is 1. The lowest BCUT2D eigenvalue weighted by molar-refractivity contribution is -0.121. The number of piperazine rings is 1. The smallest absolute Gasteiger partial charge is 0.244 e. The van der Waals surface area contributed by atoms with Crippen molar-refractivity contribution < 1.29 is 13.2 Å². The van der Waals surface area contributed by atoms with Gasteiger partial charge in [-0.05, 0) is 45.4 Å². The quantitative estimate of drug-likeness (QED) is 0.619. The molecular weight excluding hydrogens is 444 g/mol. The fourth-order valence-corrected chi connectivity index (χ4v) is 5.57. The minimum atomic E-state index is -3.59. The molecule has 0 aliphatic carbocycles. The van der Waals surface area contributed by atoms with Gasteiger partial charge in [-0.25, -0.2) is 13.4 Å². The third-order valence-electron chi connectivity index (χ3n) is 5.09. The van der Waals surface area contributed by atoms with Crippen molar-refractivity contribution in [1.29, 1.82) is 0 Å². The third-order valence-corrected chi connectivity index (χ3v) is 8.03. The number of amides is 1. The maximum atomic E-state index is 13.0. The molecule has 32 heavy (non-hydrogen) atoms. The zero-order valence-electron chi connectivity index (χ0n) is 19.1. The molecule has 174 valence electrons. The van der Waals surface area contributed by atoms with Crippen molar-refractivity contribution in [3.8, 4) is 0 Å². The predicted octanol–water partition coefficient (Wildman–Crippen LogP) is 2.98. The molecule has 7 nitrogen and oxygen atoms in total. The van der Waals surface area contributed by atoms with Gasteiger partial charge < -0.3 is 5.32 Å². The summed E-state index contributed by atoms with van der Waals surface area (Å²) < 4.78 is 27.6. The molecule has 0 radical (unpaired) electrons. The zero-order chi connectivity index (χ0) is 23.4. The van der Waals surface area contributed by atoms with Gasteiger partial charge in [0.05, 0.1) is 10.3 Å². The van der Waals surface area contributed by atoms with Gasteiger partial charge in [-0.1, -0.05) is 42.1 Å². The molecule has 1 fully saturated rings. The van der Waals surface area contributed by atoms with Crippen molar-refractivity contribution in [2.45, 2.75) is 55.0 Å². The average Bonchev–Trinajstić information content (AvgIpc) is 2.74. The molecule has 2 aromatic rings. The first-order chi connectivity index (χ1) is 15.0. The Bertz CT molecular complexity index is 998. The zero-order valence-corrected chi connectivity index (χ0v) is 20.7. The summed E-state index contributed by atoms with van der Waals surface area (Å²) in [6.07, 6.45) is 1.39. The van der Waals surface area contributed by atoms with Crippen molar-refractivity contribution in [1.82, 2.24) is 19.5 Å². The van der Waals surface area contributed by atoms with Crippen LogP contribution in [0.1, 0.15) is 33.3 Å². The highest BCUT2D eigenvalue weighted by Crippen LogP contribution is 2.24. The van der Waals surface area contributed by atoms with Crippen LogP contribution in [0.5, 0.6) is 0 Å². The molecule has 0 unspecified atom stereocenters. The van der Waals surface area contributed by atoms with Crippen molar-refractivity contribution in [2.75, 3.05) is 26.2 Å². The van der Waals surface area contributed by atoms with E-state index >= 15 is 0 Å². The van der Waals surface area contributed by atoms with E-state index in [4.69, 9.17) is 0 Å². The third kappa shape index (κ3) is 6.78. The molecule has 1 aliphatic rings. The second-order valence-electron chi connectivity index (χ2n) is 9.00. The SMILES string of the molecule is C[C@H](Sc1ccc(S(=O)(=O)N2CCN(Cc3ccccc3)CC2)cn1)C(=O)NC(C)(C)C. The van der Waals surface area contributed by atoms with Crippen LogP contribution in [-0.4, -0.2) is 65.5 Å². The summed E-state index contributed by atoms with van der Waals surface area (Å²) in [5.41, 5.74) is 0.925. The summed E-state index contributed by atoms with van der Waals surface area (Å²) in [6.45, 7) is 10.7. The van der Waals surface area contributed by atoms with Crippen LogP contribution in [0.3, 0.4) is 0 Å². The summed E-state index contributed by atoms with van der Waals surface area (Å²) >= 11 is 1.31. The van der Waals surface area contributed by atoms with E-state index in [1.807, 2.05) is 45.9 Å². The number of sulfonamides is 1. The fraction of sp³-hybridized carbons (Fsp3) is 0.478. The lowest BCUT2D eigenvalue weighted by Crippen LogP contribution is -2.48. The molecule has 1 atom stereocenters. The van der Waals surface area contributed by atoms with Crippen LogP contribution in [0.4, 0.5) is 0 Å². The molecular formula is C23H32N4O3S2. The van der Waals surface area contributed by atoms with Gasteiger partial charge in [0.1, 0.15) is 4.90 Å². The highest BCUT2D eigenvalue weighted by Gasteiger charge is 2.29. The van der Waals surface area contributed by atoms with Crippen LogP contribution in [0.2, 0.25) is 0 Å². The highest BCUT2D eigenvalue weighted by molar-refractivity contribution is 8.00. The van der Waals surface area contributed by atoms with Crippen molar-refractivity contribution in [3.63, 3.8) is 0 Å². The maximum absolute atomic E-state index is 13.0. The number of carbonyl (C=O) groups excluding carboxylic acids is 1. The van der Waals surface area contributed by atoms with Crippen LogP contribution in [-0.2, 0) is 21.4 Å². The minimum Gasteiger partial charge on any atom is -0.351 e. The lowest BCUT2D eigenvalue weighted by atomic mass is 10.1. The van der Waals surface area contributed by atoms with E-state index in [-0.39, 0.29) is 21.6 Å². The fourth-order valence-electron chi connectivity index (χ4n) is 3.41. The Hall–Kier alpha value is -1.94. The largest absolute Gasteiger partial charge is 0.351 e. The van der Waals surface area contributed by atoms with Crippen molar-refractivity contribution in [2.24, 2.45) is 0 Å². The lowest BCUT2D eigenvalue weighted by Gasteiger charge is -2.33. The monoisotopic (exact) mass is 476 g/mol. The van der Waals surface area contributed by atoms with Crippen molar-refractivity contribution >= 4 is 27.7 Å². The van der Waals surface area contributed by atoms with Gasteiger partial charge in [-0.15, -0.1) is 0 Å². The van der Waals surface area contributed by atoms with Crippen LogP contribution in [0, 0.1) is 0 Å². The van der Waals surface area contributed by atoms with Crippen LogP contribution in [0.15, 0.2) is 58.6 Å². The first kappa shape index (κ1) is 24.7. The number of pyridine rings is 1. The van der Waals surface area contributed by atoms with E-state index < -0.39 is 10.0 Å². The van der Waals surface area contributed by atoms with Crippen molar-refractivity contribution in [3.05, 3.63) is 54.2 Å². The Morgan fingerprint density at radius 2 is 1.75 bits per heavy atom. The van der Waals surface area contributed by atoms with Crippen LogP contribution >= 0.6 is 11.8 Å². The molecule has 1 amide bonds. The molecule has 0 spiro atoms. The standard InChI is InChI=1S/C23H32N4O3S2/c1-18(22(28)25-23(2,3)4)31-21-11-10-20(16-24-21)32(29,30)27-14-12-26(13-15-27)17-19-8-6-5-7-9-19/h5-11,16,18H,12-15,17H2,1-4H3,(H,25,28)/t18-/m0/s1. The van der Waals surface area contributed by atoms with E-state index in [9.17, 15) is 13.2 Å². The molecule has 9 heteroatoms. The summed E-state index contributed by atoms with van der Waals surface area (Å²) in [6, 6.07) is 13.4. The molecule has 3 rings (SSSR count). The summed E-state index contributed by atoms with van der Waals surface area (Å²) in [5.74, 6) is -0.0747. The van der Waals surface area contributed by atoms with Gasteiger partial charge in [0, 0.05) is 44.5 Å². The Morgan fingerprint density at radius 1 is 1.09 bits per heavy atom. The van der Waals surface area contributed by atoms with Gasteiger partial charge in [0.15, 0.2) is 0 Å². The van der Waals surface area contributed by atoms with E-state index in [0.717, 1.165) is 6.54 Å². The van der Waals surface area contributed by atoms with Gasteiger partial charge in [0.25, 0.3) is 0 Å². The van der Waals surface area contributed by atoms with Gasteiger partial charge in [-0.3, -0.25) is 9.69 Å². The summed E-state index contributed by atoms with van der Waals surface area (Å²) in [5, 5.41) is 3.23. The van der Waals surface area contributed by atoms with E-state index in [2.05, 4.69) is 27.3 Å². The number of hydrogen-bond acceptors (Lipinski definition) is 6. The van der Waals surface area contributed by atoms with Gasteiger partial charge in [-0.2, -0.15) is 4.31 Å². The molecule has 1 aromatic carbocycles. The number of aromatic nitrogens is 1. The molecule has 1 aromatic heterocycles. The number of nitrogens with zero attached hydrogens (tertiary/aromatic N) is 3. The van der Waals surface area contributed by atoms with E-state index in [1.165, 1.54) is 27.8 Å². The second-order valence-corrected chi connectivity index (χ2v) is 12.3. The Morgan fingerprint density at radius 3 is 2.31 bits per heavy atom. The first-order valence-electron chi connectivity index (χ1n) is 10.8. The molecule has 2 heterocycles. The molecule has 1 N–H and O–H groups in total. The summed E-state index contributed by atoms with van der Waals surface area (Å²) in [4.78, 5) is 19.0. The van der Waals surface area contributed by atoms with Gasteiger partial charge >= 0.3 is 0 Å². The van der Waals surface area contributed by atoms with E-state index in [1.54, 1.807) is 12.1 Å². The number of benzene rings is 1. The number of carbonyl (C=O) groups is 1. The van der Waals surface area contributed by atoms with Crippen LogP contribution < -0.4 is 5.32 Å². The maximum Gasteiger partial charge on any atom is 0.244 e.